The first-order valence-electron chi connectivity index (χ1n) is 7.63. The average Bonchev–Trinajstić information content (AvgIpc) is 2.54. The summed E-state index contributed by atoms with van der Waals surface area (Å²) in [5.74, 6) is 0.646. The van der Waals surface area contributed by atoms with Crippen molar-refractivity contribution in [1.29, 1.82) is 0 Å². The largest absolute Gasteiger partial charge is 0.492 e. The molecule has 0 saturated carbocycles. The lowest BCUT2D eigenvalue weighted by molar-refractivity contribution is 0.0896. The van der Waals surface area contributed by atoms with Gasteiger partial charge in [0, 0.05) is 0 Å². The number of ketones is 1. The molecule has 0 aromatic heterocycles. The number of para-hydroxylation sites is 1. The lowest BCUT2D eigenvalue weighted by atomic mass is 9.88. The highest BCUT2D eigenvalue weighted by molar-refractivity contribution is 6.04. The second kappa shape index (κ2) is 6.18. The molecular weight excluding hydrogens is 272 g/mol. The minimum Gasteiger partial charge on any atom is -0.492 e. The lowest BCUT2D eigenvalue weighted by Gasteiger charge is -2.24. The molecule has 0 radical (unpaired) electrons. The molecule has 2 aromatic rings. The van der Waals surface area contributed by atoms with Gasteiger partial charge in [-0.3, -0.25) is 4.79 Å². The zero-order valence-corrected chi connectivity index (χ0v) is 13.0. The van der Waals surface area contributed by atoms with Crippen molar-refractivity contribution < 1.29 is 9.53 Å². The summed E-state index contributed by atoms with van der Waals surface area (Å²) in [4.78, 5) is 12.7. The van der Waals surface area contributed by atoms with Gasteiger partial charge in [0.2, 0.25) is 0 Å². The molecule has 0 fully saturated rings. The fourth-order valence-corrected chi connectivity index (χ4v) is 2.74. The van der Waals surface area contributed by atoms with Crippen molar-refractivity contribution in [3.8, 4) is 5.75 Å². The predicted molar refractivity (Wildman–Crippen MR) is 88.6 cm³/mol. The number of allylic oxidation sites excluding steroid dienone is 2. The summed E-state index contributed by atoms with van der Waals surface area (Å²) in [6.07, 6.45) is 3.10. The van der Waals surface area contributed by atoms with Crippen LogP contribution in [0.15, 0.2) is 60.2 Å². The number of hydrogen-bond acceptors (Lipinski definition) is 2. The van der Waals surface area contributed by atoms with E-state index in [1.165, 1.54) is 11.1 Å². The number of ether oxygens (including phenoxy) is 1. The van der Waals surface area contributed by atoms with Gasteiger partial charge >= 0.3 is 0 Å². The minimum absolute atomic E-state index is 0.154. The van der Waals surface area contributed by atoms with Crippen LogP contribution in [-0.2, 0) is 6.42 Å². The van der Waals surface area contributed by atoms with Crippen molar-refractivity contribution >= 4 is 5.78 Å². The lowest BCUT2D eigenvalue weighted by Crippen LogP contribution is -2.26. The van der Waals surface area contributed by atoms with E-state index in [2.05, 4.69) is 32.1 Å². The fourth-order valence-electron chi connectivity index (χ4n) is 2.74. The van der Waals surface area contributed by atoms with E-state index in [1.807, 2.05) is 36.4 Å². The van der Waals surface area contributed by atoms with E-state index in [9.17, 15) is 4.79 Å². The van der Waals surface area contributed by atoms with Gasteiger partial charge in [0.05, 0.1) is 11.5 Å². The van der Waals surface area contributed by atoms with Crippen LogP contribution < -0.4 is 4.74 Å². The summed E-state index contributed by atoms with van der Waals surface area (Å²) in [6, 6.07) is 15.7. The smallest absolute Gasteiger partial charge is 0.177 e. The van der Waals surface area contributed by atoms with Gasteiger partial charge in [-0.2, -0.15) is 0 Å². The number of fused-ring (bicyclic) bond motifs is 1. The molecule has 0 spiro atoms. The summed E-state index contributed by atoms with van der Waals surface area (Å²) in [5, 5.41) is 0. The maximum absolute atomic E-state index is 12.7. The Morgan fingerprint density at radius 2 is 2.00 bits per heavy atom. The maximum Gasteiger partial charge on any atom is 0.177 e. The van der Waals surface area contributed by atoms with E-state index in [0.717, 1.165) is 12.0 Å². The topological polar surface area (TPSA) is 26.3 Å². The van der Waals surface area contributed by atoms with Crippen LogP contribution in [0, 0.1) is 0 Å². The zero-order valence-electron chi connectivity index (χ0n) is 13.0. The number of benzene rings is 2. The van der Waals surface area contributed by atoms with Gasteiger partial charge in [0.25, 0.3) is 0 Å². The number of carbonyl (C=O) groups excluding carboxylic acids is 1. The number of carbonyl (C=O) groups is 1. The Morgan fingerprint density at radius 3 is 2.82 bits per heavy atom. The Morgan fingerprint density at radius 1 is 1.18 bits per heavy atom. The molecule has 112 valence electrons. The quantitative estimate of drug-likeness (QED) is 0.775. The molecule has 2 heteroatoms. The van der Waals surface area contributed by atoms with Crippen LogP contribution in [0.1, 0.15) is 41.3 Å². The number of hydrogen-bond donors (Lipinski definition) is 0. The van der Waals surface area contributed by atoms with Crippen LogP contribution in [0.2, 0.25) is 0 Å². The van der Waals surface area contributed by atoms with E-state index in [4.69, 9.17) is 4.74 Å². The van der Waals surface area contributed by atoms with E-state index >= 15 is 0 Å². The Labute approximate surface area is 131 Å². The van der Waals surface area contributed by atoms with Gasteiger partial charge in [-0.15, -0.1) is 0 Å². The molecule has 0 aliphatic carbocycles. The van der Waals surface area contributed by atoms with Crippen molar-refractivity contribution in [2.75, 3.05) is 6.61 Å². The summed E-state index contributed by atoms with van der Waals surface area (Å²) in [6.45, 7) is 4.61. The monoisotopic (exact) mass is 292 g/mol. The maximum atomic E-state index is 12.7. The molecule has 1 atom stereocenters. The number of Topliss-reactive ketones (excluding diaryl/α,β-unsaturated/α-hetero) is 1. The highest BCUT2D eigenvalue weighted by atomic mass is 16.5. The third kappa shape index (κ3) is 2.96. The molecule has 2 nitrogen and oxygen atoms in total. The van der Waals surface area contributed by atoms with Crippen LogP contribution in [-0.4, -0.2) is 12.4 Å². The van der Waals surface area contributed by atoms with Gasteiger partial charge in [0.1, 0.15) is 12.4 Å². The van der Waals surface area contributed by atoms with Gasteiger partial charge in [-0.05, 0) is 43.5 Å². The standard InChI is InChI=1S/C20H20O2/c1-14(2)10-11-15-6-5-7-16(12-15)18-13-22-19-9-4-3-8-17(19)20(18)21/h3-10,12,18H,11,13H2,1-2H3. The fraction of sp³-hybridized carbons (Fsp3) is 0.250. The van der Waals surface area contributed by atoms with Crippen LogP contribution in [0.5, 0.6) is 5.75 Å². The van der Waals surface area contributed by atoms with Crippen molar-refractivity contribution in [2.24, 2.45) is 0 Å². The second-order valence-corrected chi connectivity index (χ2v) is 5.95. The highest BCUT2D eigenvalue weighted by Crippen LogP contribution is 2.32. The van der Waals surface area contributed by atoms with Crippen molar-refractivity contribution in [3.63, 3.8) is 0 Å². The first-order valence-corrected chi connectivity index (χ1v) is 7.63. The summed E-state index contributed by atoms with van der Waals surface area (Å²) in [5.41, 5.74) is 4.26. The first kappa shape index (κ1) is 14.6. The molecule has 0 amide bonds. The molecule has 0 saturated heterocycles. The van der Waals surface area contributed by atoms with Crippen LogP contribution >= 0.6 is 0 Å². The van der Waals surface area contributed by atoms with E-state index in [-0.39, 0.29) is 11.7 Å². The zero-order chi connectivity index (χ0) is 15.5. The van der Waals surface area contributed by atoms with Gasteiger partial charge < -0.3 is 4.74 Å². The van der Waals surface area contributed by atoms with Gasteiger partial charge in [0.15, 0.2) is 5.78 Å². The van der Waals surface area contributed by atoms with Crippen LogP contribution in [0.3, 0.4) is 0 Å². The van der Waals surface area contributed by atoms with Crippen LogP contribution in [0.25, 0.3) is 0 Å². The molecule has 0 bridgehead atoms. The average molecular weight is 292 g/mol. The SMILES string of the molecule is CC(C)=CCc1cccc(C2COc3ccccc3C2=O)c1. The van der Waals surface area contributed by atoms with Gasteiger partial charge in [-0.25, -0.2) is 0 Å². The van der Waals surface area contributed by atoms with Crippen molar-refractivity contribution in [1.82, 2.24) is 0 Å². The molecule has 1 unspecified atom stereocenters. The third-order valence-electron chi connectivity index (χ3n) is 3.97. The molecule has 3 rings (SSSR count). The first-order chi connectivity index (χ1) is 10.6. The minimum atomic E-state index is -0.207. The van der Waals surface area contributed by atoms with E-state index in [0.29, 0.717) is 17.9 Å². The highest BCUT2D eigenvalue weighted by Gasteiger charge is 2.29. The molecule has 1 aliphatic heterocycles. The second-order valence-electron chi connectivity index (χ2n) is 5.95. The molecule has 2 aromatic carbocycles. The molecule has 0 N–H and O–H groups in total. The third-order valence-corrected chi connectivity index (χ3v) is 3.97. The molecule has 22 heavy (non-hydrogen) atoms. The van der Waals surface area contributed by atoms with Gasteiger partial charge in [-0.1, -0.05) is 48.0 Å². The Balaban J connectivity index is 1.88. The normalized spacial score (nSPS) is 16.6. The Bertz CT molecular complexity index is 724. The Kier molecular flexibility index (Phi) is 4.10. The summed E-state index contributed by atoms with van der Waals surface area (Å²) >= 11 is 0. The van der Waals surface area contributed by atoms with Crippen LogP contribution in [0.4, 0.5) is 0 Å². The molecular formula is C20H20O2. The van der Waals surface area contributed by atoms with Crippen molar-refractivity contribution in [2.45, 2.75) is 26.2 Å². The molecule has 1 heterocycles. The summed E-state index contributed by atoms with van der Waals surface area (Å²) in [7, 11) is 0. The molecule has 1 aliphatic rings. The van der Waals surface area contributed by atoms with Crippen molar-refractivity contribution in [3.05, 3.63) is 76.9 Å². The predicted octanol–water partition coefficient (Wildman–Crippen LogP) is 4.55. The number of rotatable bonds is 3. The van der Waals surface area contributed by atoms with E-state index < -0.39 is 0 Å². The van der Waals surface area contributed by atoms with E-state index in [1.54, 1.807) is 0 Å². The Hall–Kier alpha value is -2.35. The summed E-state index contributed by atoms with van der Waals surface area (Å²) < 4.78 is 5.77.